The summed E-state index contributed by atoms with van der Waals surface area (Å²) in [5.74, 6) is -0.716. The van der Waals surface area contributed by atoms with Gasteiger partial charge in [-0.15, -0.1) is 0 Å². The van der Waals surface area contributed by atoms with Crippen LogP contribution in [0, 0.1) is 17.0 Å². The number of carbonyl (C=O) groups is 1. The maximum atomic E-state index is 12.9. The molecule has 0 saturated carbocycles. The number of guanidine groups is 1. The normalized spacial score (nSPS) is 16.2. The predicted molar refractivity (Wildman–Crippen MR) is 109 cm³/mol. The standard InChI is InChI=1S/C17H26N6O6S/c1-13-4-2-5-14(12-13)30(27,28)21-15(16(24)22-8-10-29-11-9-22)6-3-7-19-17(18)20-23(25)26/h2,4-5,12,15,21H,3,6-11H2,1H3,(H3,18,19,20)/t15-/m0/s1. The number of nitrogens with zero attached hydrogens (tertiary/aromatic N) is 3. The summed E-state index contributed by atoms with van der Waals surface area (Å²) >= 11 is 0. The molecule has 1 saturated heterocycles. The monoisotopic (exact) mass is 442 g/mol. The molecule has 1 aliphatic rings. The quantitative estimate of drug-likeness (QED) is 0.149. The van der Waals surface area contributed by atoms with Crippen LogP contribution in [0.15, 0.2) is 34.2 Å². The summed E-state index contributed by atoms with van der Waals surface area (Å²) in [7, 11) is -3.93. The summed E-state index contributed by atoms with van der Waals surface area (Å²) in [6.07, 6.45) is 0.438. The Morgan fingerprint density at radius 1 is 1.40 bits per heavy atom. The predicted octanol–water partition coefficient (Wildman–Crippen LogP) is -0.623. The smallest absolute Gasteiger partial charge is 0.251 e. The van der Waals surface area contributed by atoms with Crippen LogP contribution in [0.4, 0.5) is 0 Å². The Morgan fingerprint density at radius 2 is 2.10 bits per heavy atom. The highest BCUT2D eigenvalue weighted by Gasteiger charge is 2.30. The zero-order valence-corrected chi connectivity index (χ0v) is 17.4. The number of carbonyl (C=O) groups excluding carboxylic acids is 1. The number of aryl methyl sites for hydroxylation is 1. The number of benzene rings is 1. The van der Waals surface area contributed by atoms with Gasteiger partial charge in [0.2, 0.25) is 15.9 Å². The van der Waals surface area contributed by atoms with E-state index in [1.165, 1.54) is 12.1 Å². The fourth-order valence-electron chi connectivity index (χ4n) is 2.90. The van der Waals surface area contributed by atoms with Crippen LogP contribution in [-0.4, -0.2) is 69.1 Å². The van der Waals surface area contributed by atoms with Gasteiger partial charge in [-0.3, -0.25) is 4.79 Å². The molecule has 1 aliphatic heterocycles. The van der Waals surface area contributed by atoms with Crippen LogP contribution in [-0.2, 0) is 19.6 Å². The lowest BCUT2D eigenvalue weighted by molar-refractivity contribution is -0.525. The molecule has 1 aromatic carbocycles. The molecule has 0 spiro atoms. The molecular formula is C17H26N6O6S. The van der Waals surface area contributed by atoms with E-state index in [4.69, 9.17) is 10.5 Å². The number of aliphatic imine (C=N–C) groups is 1. The molecule has 12 nitrogen and oxygen atoms in total. The highest BCUT2D eigenvalue weighted by Crippen LogP contribution is 2.14. The van der Waals surface area contributed by atoms with Gasteiger partial charge in [-0.25, -0.2) is 23.5 Å². The third-order valence-corrected chi connectivity index (χ3v) is 5.83. The Morgan fingerprint density at radius 3 is 2.73 bits per heavy atom. The lowest BCUT2D eigenvalue weighted by atomic mass is 10.1. The molecule has 0 unspecified atom stereocenters. The third kappa shape index (κ3) is 7.24. The summed E-state index contributed by atoms with van der Waals surface area (Å²) < 4.78 is 33.3. The molecule has 0 radical (unpaired) electrons. The molecule has 2 rings (SSSR count). The van der Waals surface area contributed by atoms with E-state index >= 15 is 0 Å². The van der Waals surface area contributed by atoms with Crippen molar-refractivity contribution >= 4 is 21.9 Å². The van der Waals surface area contributed by atoms with Crippen LogP contribution in [0.1, 0.15) is 18.4 Å². The van der Waals surface area contributed by atoms with E-state index in [0.717, 1.165) is 5.56 Å². The van der Waals surface area contributed by atoms with E-state index in [-0.39, 0.29) is 36.1 Å². The molecule has 4 N–H and O–H groups in total. The number of amides is 1. The Labute approximate surface area is 174 Å². The Bertz CT molecular complexity index is 884. The van der Waals surface area contributed by atoms with Crippen molar-refractivity contribution in [2.24, 2.45) is 10.7 Å². The third-order valence-electron chi connectivity index (χ3n) is 4.36. The second kappa shape index (κ2) is 10.8. The van der Waals surface area contributed by atoms with Gasteiger partial charge in [0.1, 0.15) is 6.04 Å². The molecular weight excluding hydrogens is 416 g/mol. The number of sulfonamides is 1. The number of nitrogens with two attached hydrogens (primary N) is 1. The first-order chi connectivity index (χ1) is 14.2. The minimum atomic E-state index is -3.93. The van der Waals surface area contributed by atoms with E-state index in [1.807, 2.05) is 0 Å². The largest absolute Gasteiger partial charge is 0.378 e. The molecule has 0 aromatic heterocycles. The number of nitrogens with one attached hydrogen (secondary N) is 2. The van der Waals surface area contributed by atoms with Crippen molar-refractivity contribution in [3.63, 3.8) is 0 Å². The molecule has 13 heteroatoms. The molecule has 0 aliphatic carbocycles. The van der Waals surface area contributed by atoms with E-state index < -0.39 is 21.1 Å². The minimum absolute atomic E-state index is 0.0692. The van der Waals surface area contributed by atoms with Gasteiger partial charge < -0.3 is 15.4 Å². The van der Waals surface area contributed by atoms with Gasteiger partial charge in [0.15, 0.2) is 5.03 Å². The van der Waals surface area contributed by atoms with E-state index in [0.29, 0.717) is 26.3 Å². The average molecular weight is 442 g/mol. The van der Waals surface area contributed by atoms with Crippen molar-refractivity contribution in [2.75, 3.05) is 32.8 Å². The van der Waals surface area contributed by atoms with Crippen molar-refractivity contribution in [1.82, 2.24) is 15.0 Å². The van der Waals surface area contributed by atoms with Gasteiger partial charge in [-0.05, 0) is 37.5 Å². The number of rotatable bonds is 9. The van der Waals surface area contributed by atoms with Gasteiger partial charge in [-0.1, -0.05) is 17.6 Å². The number of hydrogen-bond acceptors (Lipinski definition) is 7. The lowest BCUT2D eigenvalue weighted by Crippen LogP contribution is -2.51. The van der Waals surface area contributed by atoms with Crippen molar-refractivity contribution in [1.29, 1.82) is 0 Å². The maximum Gasteiger partial charge on any atom is 0.251 e. The fraction of sp³-hybridized carbons (Fsp3) is 0.529. The van der Waals surface area contributed by atoms with Gasteiger partial charge in [-0.2, -0.15) is 4.72 Å². The summed E-state index contributed by atoms with van der Waals surface area (Å²) in [6, 6.07) is 5.37. The second-order valence-corrected chi connectivity index (χ2v) is 8.42. The Balaban J connectivity index is 2.10. The molecule has 1 heterocycles. The SMILES string of the molecule is Cc1cccc(S(=O)(=O)N[C@@H](CCCN=C(N)N[N+](=O)[O-])C(=O)N2CCOCC2)c1. The topological polar surface area (TPSA) is 169 Å². The van der Waals surface area contributed by atoms with E-state index in [9.17, 15) is 23.3 Å². The van der Waals surface area contributed by atoms with Gasteiger partial charge in [0, 0.05) is 19.6 Å². The number of hydrogen-bond donors (Lipinski definition) is 3. The number of morpholine rings is 1. The molecule has 1 fully saturated rings. The van der Waals surface area contributed by atoms with Crippen molar-refractivity contribution < 1.29 is 23.0 Å². The van der Waals surface area contributed by atoms with Crippen LogP contribution >= 0.6 is 0 Å². The summed E-state index contributed by atoms with van der Waals surface area (Å²) in [5, 5.41) is 9.49. The zero-order chi connectivity index (χ0) is 22.1. The van der Waals surface area contributed by atoms with E-state index in [1.54, 1.807) is 29.4 Å². The van der Waals surface area contributed by atoms with Crippen LogP contribution in [0.2, 0.25) is 0 Å². The zero-order valence-electron chi connectivity index (χ0n) is 16.6. The molecule has 30 heavy (non-hydrogen) atoms. The minimum Gasteiger partial charge on any atom is -0.378 e. The summed E-state index contributed by atoms with van der Waals surface area (Å²) in [5.41, 5.74) is 7.85. The molecule has 1 atom stereocenters. The molecule has 0 bridgehead atoms. The van der Waals surface area contributed by atoms with Crippen LogP contribution in [0.3, 0.4) is 0 Å². The Hall–Kier alpha value is -2.77. The highest BCUT2D eigenvalue weighted by atomic mass is 32.2. The highest BCUT2D eigenvalue weighted by molar-refractivity contribution is 7.89. The van der Waals surface area contributed by atoms with Crippen LogP contribution < -0.4 is 15.9 Å². The fourth-order valence-corrected chi connectivity index (χ4v) is 4.23. The molecule has 1 amide bonds. The number of nitro groups is 1. The summed E-state index contributed by atoms with van der Waals surface area (Å²) in [6.45, 7) is 3.38. The average Bonchev–Trinajstić information content (AvgIpc) is 2.70. The van der Waals surface area contributed by atoms with Gasteiger partial charge in [0.05, 0.1) is 18.1 Å². The maximum absolute atomic E-state index is 12.9. The van der Waals surface area contributed by atoms with Crippen molar-refractivity contribution in [3.05, 3.63) is 39.9 Å². The van der Waals surface area contributed by atoms with Gasteiger partial charge >= 0.3 is 0 Å². The second-order valence-electron chi connectivity index (χ2n) is 6.71. The Kier molecular flexibility index (Phi) is 8.50. The first-order valence-electron chi connectivity index (χ1n) is 9.35. The van der Waals surface area contributed by atoms with Crippen molar-refractivity contribution in [2.45, 2.75) is 30.7 Å². The van der Waals surface area contributed by atoms with Gasteiger partial charge in [0.25, 0.3) is 5.96 Å². The van der Waals surface area contributed by atoms with Crippen LogP contribution in [0.5, 0.6) is 0 Å². The number of ether oxygens (including phenoxy) is 1. The van der Waals surface area contributed by atoms with E-state index in [2.05, 4.69) is 9.71 Å². The first kappa shape index (κ1) is 23.5. The van der Waals surface area contributed by atoms with Crippen LogP contribution in [0.25, 0.3) is 0 Å². The van der Waals surface area contributed by atoms with Crippen molar-refractivity contribution in [3.8, 4) is 0 Å². The lowest BCUT2D eigenvalue weighted by Gasteiger charge is -2.30. The summed E-state index contributed by atoms with van der Waals surface area (Å²) in [4.78, 5) is 28.7. The number of hydrazine groups is 1. The first-order valence-corrected chi connectivity index (χ1v) is 10.8. The molecule has 1 aromatic rings. The molecule has 166 valence electrons.